The summed E-state index contributed by atoms with van der Waals surface area (Å²) in [6, 6.07) is 3.44. The average Bonchev–Trinajstić information content (AvgIpc) is 3.01. The summed E-state index contributed by atoms with van der Waals surface area (Å²) in [7, 11) is 1.64. The molecule has 0 radical (unpaired) electrons. The van der Waals surface area contributed by atoms with Gasteiger partial charge in [-0.05, 0) is 43.8 Å². The molecule has 0 saturated carbocycles. The molecule has 0 aromatic carbocycles. The van der Waals surface area contributed by atoms with Crippen molar-refractivity contribution < 1.29 is 4.79 Å². The normalized spacial score (nSPS) is 17.8. The zero-order valence-electron chi connectivity index (χ0n) is 13.7. The second-order valence-electron chi connectivity index (χ2n) is 5.89. The Morgan fingerprint density at radius 3 is 2.96 bits per heavy atom. The van der Waals surface area contributed by atoms with E-state index in [0.29, 0.717) is 17.1 Å². The zero-order valence-corrected chi connectivity index (χ0v) is 14.5. The molecule has 3 rings (SSSR count). The number of carbonyl (C=O) groups excluding carboxylic acids is 1. The Hall–Kier alpha value is -2.29. The fourth-order valence-corrected chi connectivity index (χ4v) is 3.46. The van der Waals surface area contributed by atoms with Gasteiger partial charge in [0.15, 0.2) is 0 Å². The molecule has 3 heterocycles. The molecule has 1 aliphatic heterocycles. The number of aromatic nitrogens is 4. The summed E-state index contributed by atoms with van der Waals surface area (Å²) in [4.78, 5) is 26.5. The molecular weight excluding hydrogens is 328 g/mol. The molecular formula is C15H20N6O2S. The van der Waals surface area contributed by atoms with E-state index in [9.17, 15) is 9.59 Å². The molecule has 2 aromatic heterocycles. The van der Waals surface area contributed by atoms with Crippen molar-refractivity contribution in [1.82, 2.24) is 24.7 Å². The molecule has 0 spiro atoms. The molecule has 2 aromatic rings. The maximum atomic E-state index is 12.3. The number of piperidine rings is 1. The van der Waals surface area contributed by atoms with E-state index in [-0.39, 0.29) is 17.5 Å². The fourth-order valence-electron chi connectivity index (χ4n) is 2.89. The first-order valence-corrected chi connectivity index (χ1v) is 8.72. The molecule has 8 nitrogen and oxygen atoms in total. The Morgan fingerprint density at radius 1 is 1.42 bits per heavy atom. The summed E-state index contributed by atoms with van der Waals surface area (Å²) in [5.74, 6) is 0.633. The van der Waals surface area contributed by atoms with Gasteiger partial charge in [-0.25, -0.2) is 4.68 Å². The maximum Gasteiger partial charge on any atom is 0.266 e. The van der Waals surface area contributed by atoms with Crippen LogP contribution in [0.2, 0.25) is 0 Å². The Balaban J connectivity index is 1.70. The van der Waals surface area contributed by atoms with Gasteiger partial charge in [-0.3, -0.25) is 9.59 Å². The van der Waals surface area contributed by atoms with Crippen LogP contribution >= 0.6 is 11.5 Å². The third kappa shape index (κ3) is 3.45. The molecule has 9 heteroatoms. The summed E-state index contributed by atoms with van der Waals surface area (Å²) in [6.45, 7) is 3.17. The van der Waals surface area contributed by atoms with E-state index in [0.717, 1.165) is 43.2 Å². The minimum atomic E-state index is -0.138. The third-order valence-corrected chi connectivity index (χ3v) is 5.05. The van der Waals surface area contributed by atoms with Gasteiger partial charge in [0.1, 0.15) is 10.7 Å². The molecule has 1 N–H and O–H groups in total. The Bertz CT molecular complexity index is 786. The number of hydrogen-bond acceptors (Lipinski definition) is 7. The molecule has 1 aliphatic rings. The van der Waals surface area contributed by atoms with Gasteiger partial charge in [-0.2, -0.15) is 5.10 Å². The van der Waals surface area contributed by atoms with Gasteiger partial charge in [0.2, 0.25) is 0 Å². The highest BCUT2D eigenvalue weighted by molar-refractivity contribution is 7.07. The summed E-state index contributed by atoms with van der Waals surface area (Å²) in [5, 5.41) is 11.2. The van der Waals surface area contributed by atoms with Crippen molar-refractivity contribution in [2.24, 2.45) is 7.05 Å². The number of amides is 1. The highest BCUT2D eigenvalue weighted by atomic mass is 32.1. The van der Waals surface area contributed by atoms with Crippen LogP contribution in [-0.2, 0) is 7.05 Å². The Kier molecular flexibility index (Phi) is 4.89. The zero-order chi connectivity index (χ0) is 17.1. The minimum absolute atomic E-state index is 0.131. The van der Waals surface area contributed by atoms with Gasteiger partial charge in [-0.1, -0.05) is 4.49 Å². The third-order valence-electron chi connectivity index (χ3n) is 4.22. The number of hydrogen-bond donors (Lipinski definition) is 1. The molecule has 1 unspecified atom stereocenters. The van der Waals surface area contributed by atoms with Crippen LogP contribution in [0.4, 0.5) is 5.82 Å². The summed E-state index contributed by atoms with van der Waals surface area (Å²) < 4.78 is 5.14. The fraction of sp³-hybridized carbons (Fsp3) is 0.533. The van der Waals surface area contributed by atoms with Crippen LogP contribution in [0.25, 0.3) is 0 Å². The van der Waals surface area contributed by atoms with Crippen molar-refractivity contribution in [2.75, 3.05) is 18.0 Å². The predicted octanol–water partition coefficient (Wildman–Crippen LogP) is 0.729. The largest absolute Gasteiger partial charge is 0.350 e. The van der Waals surface area contributed by atoms with Gasteiger partial charge in [0.05, 0.1) is 5.69 Å². The quantitative estimate of drug-likeness (QED) is 0.875. The van der Waals surface area contributed by atoms with Gasteiger partial charge in [0.25, 0.3) is 11.5 Å². The van der Waals surface area contributed by atoms with Crippen LogP contribution in [0.5, 0.6) is 0 Å². The first-order chi connectivity index (χ1) is 11.6. The molecule has 1 amide bonds. The first-order valence-electron chi connectivity index (χ1n) is 7.94. The topological polar surface area (TPSA) is 93.0 Å². The summed E-state index contributed by atoms with van der Waals surface area (Å²) in [6.07, 6.45) is 3.17. The number of nitrogens with one attached hydrogen (secondary N) is 1. The van der Waals surface area contributed by atoms with E-state index in [4.69, 9.17) is 0 Å². The van der Waals surface area contributed by atoms with E-state index < -0.39 is 0 Å². The van der Waals surface area contributed by atoms with Crippen LogP contribution in [-0.4, -0.2) is 44.4 Å². The van der Waals surface area contributed by atoms with E-state index in [1.807, 2.05) is 0 Å². The molecule has 24 heavy (non-hydrogen) atoms. The van der Waals surface area contributed by atoms with Gasteiger partial charge in [0, 0.05) is 32.2 Å². The SMILES string of the molecule is Cc1nnsc1C(=O)NCC1CCCCN1c1ccc(=O)n(C)n1. The van der Waals surface area contributed by atoms with Crippen molar-refractivity contribution in [3.05, 3.63) is 33.1 Å². The van der Waals surface area contributed by atoms with E-state index >= 15 is 0 Å². The van der Waals surface area contributed by atoms with E-state index in [1.54, 1.807) is 20.0 Å². The van der Waals surface area contributed by atoms with Gasteiger partial charge in [-0.15, -0.1) is 5.10 Å². The second kappa shape index (κ2) is 7.08. The number of rotatable bonds is 4. The van der Waals surface area contributed by atoms with Gasteiger partial charge < -0.3 is 10.2 Å². The van der Waals surface area contributed by atoms with Gasteiger partial charge >= 0.3 is 0 Å². The van der Waals surface area contributed by atoms with Crippen molar-refractivity contribution in [3.63, 3.8) is 0 Å². The molecule has 1 saturated heterocycles. The smallest absolute Gasteiger partial charge is 0.266 e. The molecule has 128 valence electrons. The lowest BCUT2D eigenvalue weighted by Crippen LogP contribution is -2.47. The predicted molar refractivity (Wildman–Crippen MR) is 91.4 cm³/mol. The number of nitrogens with zero attached hydrogens (tertiary/aromatic N) is 5. The van der Waals surface area contributed by atoms with Crippen LogP contribution < -0.4 is 15.8 Å². The van der Waals surface area contributed by atoms with Crippen molar-refractivity contribution >= 4 is 23.3 Å². The lowest BCUT2D eigenvalue weighted by atomic mass is 10.0. The van der Waals surface area contributed by atoms with Crippen molar-refractivity contribution in [1.29, 1.82) is 0 Å². The van der Waals surface area contributed by atoms with E-state index in [1.165, 1.54) is 10.7 Å². The number of carbonyl (C=O) groups is 1. The Labute approximate surface area is 143 Å². The van der Waals surface area contributed by atoms with Crippen molar-refractivity contribution in [2.45, 2.75) is 32.2 Å². The van der Waals surface area contributed by atoms with E-state index in [2.05, 4.69) is 24.9 Å². The first kappa shape index (κ1) is 16.6. The van der Waals surface area contributed by atoms with Crippen molar-refractivity contribution in [3.8, 4) is 0 Å². The second-order valence-corrected chi connectivity index (χ2v) is 6.65. The van der Waals surface area contributed by atoms with Crippen LogP contribution in [0.15, 0.2) is 16.9 Å². The van der Waals surface area contributed by atoms with Crippen LogP contribution in [0.1, 0.15) is 34.6 Å². The highest BCUT2D eigenvalue weighted by Crippen LogP contribution is 2.22. The summed E-state index contributed by atoms with van der Waals surface area (Å²) in [5.41, 5.74) is 0.520. The standard InChI is InChI=1S/C15H20N6O2S/c1-10-14(24-19-17-10)15(23)16-9-11-5-3-4-8-21(11)12-6-7-13(22)20(2)18-12/h6-7,11H,3-5,8-9H2,1-2H3,(H,16,23). The monoisotopic (exact) mass is 348 g/mol. The maximum absolute atomic E-state index is 12.3. The average molecular weight is 348 g/mol. The molecule has 0 aliphatic carbocycles. The summed E-state index contributed by atoms with van der Waals surface area (Å²) >= 11 is 1.11. The highest BCUT2D eigenvalue weighted by Gasteiger charge is 2.25. The lowest BCUT2D eigenvalue weighted by molar-refractivity contribution is 0.0953. The lowest BCUT2D eigenvalue weighted by Gasteiger charge is -2.36. The van der Waals surface area contributed by atoms with Crippen LogP contribution in [0.3, 0.4) is 0 Å². The molecule has 1 atom stereocenters. The van der Waals surface area contributed by atoms with Crippen LogP contribution in [0, 0.1) is 6.92 Å². The minimum Gasteiger partial charge on any atom is -0.350 e. The molecule has 0 bridgehead atoms. The number of anilines is 1. The Morgan fingerprint density at radius 2 is 2.25 bits per heavy atom. The molecule has 1 fully saturated rings. The number of aryl methyl sites for hydroxylation is 2.